The first-order valence-electron chi connectivity index (χ1n) is 7.09. The highest BCUT2D eigenvalue weighted by atomic mass is 16.3. The molecule has 1 aliphatic rings. The first kappa shape index (κ1) is 14.9. The van der Waals surface area contributed by atoms with Gasteiger partial charge in [0.15, 0.2) is 11.4 Å². The molecule has 5 heteroatoms. The fourth-order valence-corrected chi connectivity index (χ4v) is 2.78. The molecule has 0 spiro atoms. The maximum Gasteiger partial charge on any atom is 0.265 e. The van der Waals surface area contributed by atoms with E-state index in [0.29, 0.717) is 11.3 Å². The number of benzene rings is 1. The van der Waals surface area contributed by atoms with Crippen LogP contribution in [-0.2, 0) is 10.4 Å². The third-order valence-electron chi connectivity index (χ3n) is 3.86. The Morgan fingerprint density at radius 1 is 1.26 bits per heavy atom. The summed E-state index contributed by atoms with van der Waals surface area (Å²) in [6, 6.07) is 11.7. The van der Waals surface area contributed by atoms with Gasteiger partial charge in [-0.05, 0) is 18.2 Å². The Bertz CT molecular complexity index is 811. The summed E-state index contributed by atoms with van der Waals surface area (Å²) in [6.45, 7) is 0.0376. The van der Waals surface area contributed by atoms with Gasteiger partial charge in [0.2, 0.25) is 0 Å². The summed E-state index contributed by atoms with van der Waals surface area (Å²) in [5.41, 5.74) is -0.778. The number of para-hydroxylation sites is 1. The first-order chi connectivity index (χ1) is 11.1. The van der Waals surface area contributed by atoms with Crippen molar-refractivity contribution in [3.05, 3.63) is 59.9 Å². The largest absolute Gasteiger partial charge is 0.375 e. The van der Waals surface area contributed by atoms with E-state index in [1.165, 1.54) is 11.1 Å². The van der Waals surface area contributed by atoms with Gasteiger partial charge in [0, 0.05) is 11.8 Å². The number of Topliss-reactive ketones (excluding diaryl/α,β-unsaturated/α-hetero) is 1. The Labute approximate surface area is 133 Å². The van der Waals surface area contributed by atoms with Crippen molar-refractivity contribution in [3.8, 4) is 12.3 Å². The van der Waals surface area contributed by atoms with Crippen molar-refractivity contribution in [2.75, 3.05) is 11.4 Å². The van der Waals surface area contributed by atoms with Gasteiger partial charge < -0.3 is 5.11 Å². The zero-order chi connectivity index (χ0) is 16.4. The summed E-state index contributed by atoms with van der Waals surface area (Å²) in [4.78, 5) is 30.3. The molecule has 0 aliphatic carbocycles. The standard InChI is InChI=1S/C18H14N2O3/c1-2-11-20-15-9-4-3-7-13(15)18(23,17(20)22)12-16(21)14-8-5-6-10-19-14/h1,3-10,23H,11-12H2/t18-/m0/s1. The number of nitrogens with zero attached hydrogens (tertiary/aromatic N) is 2. The SMILES string of the molecule is C#CCN1C(=O)[C@](O)(CC(=O)c2ccccn2)c2ccccc21. The normalized spacial score (nSPS) is 19.3. The number of pyridine rings is 1. The minimum absolute atomic E-state index is 0.0376. The van der Waals surface area contributed by atoms with Crippen LogP contribution in [0.1, 0.15) is 22.5 Å². The average Bonchev–Trinajstić information content (AvgIpc) is 2.78. The quantitative estimate of drug-likeness (QED) is 0.687. The van der Waals surface area contributed by atoms with Crippen LogP contribution in [0.25, 0.3) is 0 Å². The van der Waals surface area contributed by atoms with Gasteiger partial charge >= 0.3 is 0 Å². The second-order valence-corrected chi connectivity index (χ2v) is 5.29. The number of aliphatic hydroxyl groups is 1. The number of terminal acetylenes is 1. The fourth-order valence-electron chi connectivity index (χ4n) is 2.78. The Balaban J connectivity index is 1.99. The summed E-state index contributed by atoms with van der Waals surface area (Å²) < 4.78 is 0. The number of hydrogen-bond donors (Lipinski definition) is 1. The Hall–Kier alpha value is -2.97. The van der Waals surface area contributed by atoms with Crippen LogP contribution in [0.3, 0.4) is 0 Å². The molecular weight excluding hydrogens is 292 g/mol. The van der Waals surface area contributed by atoms with Crippen molar-refractivity contribution in [3.63, 3.8) is 0 Å². The van der Waals surface area contributed by atoms with Gasteiger partial charge in [-0.15, -0.1) is 6.42 Å². The monoisotopic (exact) mass is 306 g/mol. The second kappa shape index (κ2) is 5.67. The minimum atomic E-state index is -1.91. The van der Waals surface area contributed by atoms with E-state index in [2.05, 4.69) is 10.9 Å². The van der Waals surface area contributed by atoms with E-state index in [-0.39, 0.29) is 18.7 Å². The third kappa shape index (κ3) is 2.39. The molecule has 114 valence electrons. The van der Waals surface area contributed by atoms with E-state index in [4.69, 9.17) is 6.42 Å². The Morgan fingerprint density at radius 2 is 2.00 bits per heavy atom. The highest BCUT2D eigenvalue weighted by Gasteiger charge is 2.50. The lowest BCUT2D eigenvalue weighted by Gasteiger charge is -2.21. The van der Waals surface area contributed by atoms with Crippen molar-refractivity contribution in [1.29, 1.82) is 0 Å². The van der Waals surface area contributed by atoms with E-state index in [9.17, 15) is 14.7 Å². The smallest absolute Gasteiger partial charge is 0.265 e. The van der Waals surface area contributed by atoms with Crippen LogP contribution in [0.4, 0.5) is 5.69 Å². The Morgan fingerprint density at radius 3 is 2.70 bits per heavy atom. The summed E-state index contributed by atoms with van der Waals surface area (Å²) in [5, 5.41) is 10.9. The molecule has 1 aromatic heterocycles. The number of ketones is 1. The molecule has 0 bridgehead atoms. The summed E-state index contributed by atoms with van der Waals surface area (Å²) >= 11 is 0. The van der Waals surface area contributed by atoms with Gasteiger partial charge in [-0.1, -0.05) is 30.2 Å². The van der Waals surface area contributed by atoms with Crippen molar-refractivity contribution in [2.45, 2.75) is 12.0 Å². The molecule has 1 atom stereocenters. The third-order valence-corrected chi connectivity index (χ3v) is 3.86. The van der Waals surface area contributed by atoms with Crippen LogP contribution in [0.15, 0.2) is 48.7 Å². The molecule has 1 aliphatic heterocycles. The van der Waals surface area contributed by atoms with Crippen molar-refractivity contribution in [1.82, 2.24) is 4.98 Å². The van der Waals surface area contributed by atoms with Gasteiger partial charge in [-0.2, -0.15) is 0 Å². The van der Waals surface area contributed by atoms with E-state index < -0.39 is 17.3 Å². The molecule has 5 nitrogen and oxygen atoms in total. The van der Waals surface area contributed by atoms with Crippen LogP contribution >= 0.6 is 0 Å². The summed E-state index contributed by atoms with van der Waals surface area (Å²) in [7, 11) is 0. The van der Waals surface area contributed by atoms with E-state index in [0.717, 1.165) is 0 Å². The van der Waals surface area contributed by atoms with E-state index in [1.807, 2.05) is 0 Å². The maximum atomic E-state index is 12.6. The molecule has 1 amide bonds. The lowest BCUT2D eigenvalue weighted by molar-refractivity contribution is -0.135. The molecule has 0 fully saturated rings. The number of amides is 1. The van der Waals surface area contributed by atoms with Crippen LogP contribution < -0.4 is 4.90 Å². The van der Waals surface area contributed by atoms with Gasteiger partial charge in [0.25, 0.3) is 5.91 Å². The number of carbonyl (C=O) groups is 2. The van der Waals surface area contributed by atoms with Crippen LogP contribution in [-0.4, -0.2) is 28.3 Å². The topological polar surface area (TPSA) is 70.5 Å². The predicted octanol–water partition coefficient (Wildman–Crippen LogP) is 1.52. The van der Waals surface area contributed by atoms with Crippen molar-refractivity contribution in [2.24, 2.45) is 0 Å². The fraction of sp³-hybridized carbons (Fsp3) is 0.167. The van der Waals surface area contributed by atoms with E-state index in [1.54, 1.807) is 42.5 Å². The number of carbonyl (C=O) groups excluding carboxylic acids is 2. The average molecular weight is 306 g/mol. The number of aromatic nitrogens is 1. The van der Waals surface area contributed by atoms with Crippen LogP contribution in [0.5, 0.6) is 0 Å². The van der Waals surface area contributed by atoms with E-state index >= 15 is 0 Å². The van der Waals surface area contributed by atoms with Crippen LogP contribution in [0, 0.1) is 12.3 Å². The predicted molar refractivity (Wildman–Crippen MR) is 84.7 cm³/mol. The lowest BCUT2D eigenvalue weighted by atomic mass is 9.89. The molecule has 0 radical (unpaired) electrons. The molecule has 2 heterocycles. The van der Waals surface area contributed by atoms with Crippen molar-refractivity contribution >= 4 is 17.4 Å². The first-order valence-corrected chi connectivity index (χ1v) is 7.09. The molecule has 3 rings (SSSR count). The molecular formula is C18H14N2O3. The molecule has 1 aromatic carbocycles. The molecule has 0 saturated heterocycles. The molecule has 23 heavy (non-hydrogen) atoms. The zero-order valence-electron chi connectivity index (χ0n) is 12.3. The highest BCUT2D eigenvalue weighted by Crippen LogP contribution is 2.42. The number of anilines is 1. The molecule has 0 saturated carbocycles. The van der Waals surface area contributed by atoms with Gasteiger partial charge in [-0.25, -0.2) is 0 Å². The highest BCUT2D eigenvalue weighted by molar-refractivity contribution is 6.10. The van der Waals surface area contributed by atoms with Crippen LogP contribution in [0.2, 0.25) is 0 Å². The summed E-state index contributed by atoms with van der Waals surface area (Å²) in [5.74, 6) is 1.41. The minimum Gasteiger partial charge on any atom is -0.375 e. The second-order valence-electron chi connectivity index (χ2n) is 5.29. The van der Waals surface area contributed by atoms with Gasteiger partial charge in [0.1, 0.15) is 5.69 Å². The Kier molecular flexibility index (Phi) is 3.68. The van der Waals surface area contributed by atoms with Crippen molar-refractivity contribution < 1.29 is 14.7 Å². The molecule has 1 N–H and O–H groups in total. The van der Waals surface area contributed by atoms with Gasteiger partial charge in [-0.3, -0.25) is 19.5 Å². The number of rotatable bonds is 4. The van der Waals surface area contributed by atoms with Gasteiger partial charge in [0.05, 0.1) is 18.7 Å². The number of hydrogen-bond acceptors (Lipinski definition) is 4. The molecule has 0 unspecified atom stereocenters. The molecule has 2 aromatic rings. The zero-order valence-corrected chi connectivity index (χ0v) is 12.3. The maximum absolute atomic E-state index is 12.6. The number of fused-ring (bicyclic) bond motifs is 1. The lowest BCUT2D eigenvalue weighted by Crippen LogP contribution is -2.42. The summed E-state index contributed by atoms with van der Waals surface area (Å²) in [6.07, 6.45) is 6.42.